The van der Waals surface area contributed by atoms with Crippen molar-refractivity contribution in [2.75, 3.05) is 0 Å². The molecule has 0 unspecified atom stereocenters. The van der Waals surface area contributed by atoms with Gasteiger partial charge in [-0.2, -0.15) is 0 Å². The summed E-state index contributed by atoms with van der Waals surface area (Å²) >= 11 is 5.76. The first-order valence-electron chi connectivity index (χ1n) is 5.15. The number of carbonyl (C=O) groups is 1. The quantitative estimate of drug-likeness (QED) is 0.839. The summed E-state index contributed by atoms with van der Waals surface area (Å²) in [5, 5.41) is 10.7. The molecule has 1 aromatic carbocycles. The zero-order chi connectivity index (χ0) is 10.8. The first-order chi connectivity index (χ1) is 7.18. The molecule has 1 aromatic rings. The Bertz CT molecular complexity index is 358. The van der Waals surface area contributed by atoms with Crippen LogP contribution in [0.25, 0.3) is 0 Å². The lowest BCUT2D eigenvalue weighted by atomic mass is 9.94. The zero-order valence-corrected chi connectivity index (χ0v) is 9.07. The van der Waals surface area contributed by atoms with Crippen LogP contribution in [0.15, 0.2) is 24.3 Å². The van der Waals surface area contributed by atoms with E-state index < -0.39 is 6.10 Å². The molecule has 1 N–H and O–H groups in total. The van der Waals surface area contributed by atoms with Gasteiger partial charge in [-0.05, 0) is 30.5 Å². The molecule has 1 aliphatic rings. The summed E-state index contributed by atoms with van der Waals surface area (Å²) in [4.78, 5) is 11.5. The van der Waals surface area contributed by atoms with Crippen molar-refractivity contribution in [3.63, 3.8) is 0 Å². The van der Waals surface area contributed by atoms with Gasteiger partial charge >= 0.3 is 0 Å². The number of hydrogen-bond acceptors (Lipinski definition) is 2. The first-order valence-corrected chi connectivity index (χ1v) is 5.52. The van der Waals surface area contributed by atoms with Crippen molar-refractivity contribution in [3.8, 4) is 0 Å². The fourth-order valence-corrected chi connectivity index (χ4v) is 2.19. The second-order valence-electron chi connectivity index (χ2n) is 3.96. The van der Waals surface area contributed by atoms with Crippen LogP contribution in [0.1, 0.15) is 30.9 Å². The van der Waals surface area contributed by atoms with Gasteiger partial charge in [-0.25, -0.2) is 0 Å². The van der Waals surface area contributed by atoms with Crippen molar-refractivity contribution in [2.24, 2.45) is 5.92 Å². The fourth-order valence-electron chi connectivity index (χ4n) is 2.07. The van der Waals surface area contributed by atoms with Gasteiger partial charge in [-0.3, -0.25) is 4.79 Å². The minimum atomic E-state index is -0.669. The SMILES string of the molecule is O=C1CCC[C@H]1[C@@H](O)c1ccc(Cl)cc1. The second kappa shape index (κ2) is 4.33. The normalized spacial score (nSPS) is 23.1. The average Bonchev–Trinajstić information content (AvgIpc) is 2.65. The molecule has 0 aliphatic heterocycles. The highest BCUT2D eigenvalue weighted by molar-refractivity contribution is 6.30. The maximum atomic E-state index is 11.5. The third-order valence-electron chi connectivity index (χ3n) is 2.94. The van der Waals surface area contributed by atoms with E-state index in [4.69, 9.17) is 11.6 Å². The molecule has 80 valence electrons. The predicted octanol–water partition coefficient (Wildman–Crippen LogP) is 2.74. The largest absolute Gasteiger partial charge is 0.388 e. The van der Waals surface area contributed by atoms with E-state index in [0.717, 1.165) is 18.4 Å². The van der Waals surface area contributed by atoms with Crippen molar-refractivity contribution in [1.29, 1.82) is 0 Å². The Morgan fingerprint density at radius 1 is 1.33 bits per heavy atom. The van der Waals surface area contributed by atoms with Gasteiger partial charge in [0.15, 0.2) is 0 Å². The molecule has 2 nitrogen and oxygen atoms in total. The van der Waals surface area contributed by atoms with E-state index in [9.17, 15) is 9.90 Å². The van der Waals surface area contributed by atoms with Crippen LogP contribution in [0, 0.1) is 5.92 Å². The average molecular weight is 225 g/mol. The van der Waals surface area contributed by atoms with E-state index in [0.29, 0.717) is 11.4 Å². The highest BCUT2D eigenvalue weighted by atomic mass is 35.5. The molecule has 2 atom stereocenters. The Morgan fingerprint density at radius 2 is 2.00 bits per heavy atom. The number of carbonyl (C=O) groups excluding carboxylic acids is 1. The van der Waals surface area contributed by atoms with E-state index in [1.807, 2.05) is 0 Å². The third-order valence-corrected chi connectivity index (χ3v) is 3.20. The zero-order valence-electron chi connectivity index (χ0n) is 8.32. The molecule has 0 spiro atoms. The van der Waals surface area contributed by atoms with Gasteiger partial charge < -0.3 is 5.11 Å². The highest BCUT2D eigenvalue weighted by Gasteiger charge is 2.31. The molecular formula is C12H13ClO2. The molecule has 1 fully saturated rings. The van der Waals surface area contributed by atoms with Crippen molar-refractivity contribution >= 4 is 17.4 Å². The molecule has 0 aromatic heterocycles. The van der Waals surface area contributed by atoms with Gasteiger partial charge in [0.25, 0.3) is 0 Å². The smallest absolute Gasteiger partial charge is 0.138 e. The summed E-state index contributed by atoms with van der Waals surface area (Å²) in [5.74, 6) is -0.0383. The molecular weight excluding hydrogens is 212 g/mol. The summed E-state index contributed by atoms with van der Waals surface area (Å²) in [6.45, 7) is 0. The maximum absolute atomic E-state index is 11.5. The van der Waals surface area contributed by atoms with Crippen molar-refractivity contribution in [1.82, 2.24) is 0 Å². The second-order valence-corrected chi connectivity index (χ2v) is 4.40. The van der Waals surface area contributed by atoms with E-state index >= 15 is 0 Å². The van der Waals surface area contributed by atoms with E-state index in [1.165, 1.54) is 0 Å². The molecule has 15 heavy (non-hydrogen) atoms. The van der Waals surface area contributed by atoms with Crippen LogP contribution in [0.3, 0.4) is 0 Å². The van der Waals surface area contributed by atoms with E-state index in [2.05, 4.69) is 0 Å². The summed E-state index contributed by atoms with van der Waals surface area (Å²) < 4.78 is 0. The lowest BCUT2D eigenvalue weighted by molar-refractivity contribution is -0.123. The summed E-state index contributed by atoms with van der Waals surface area (Å²) in [6.07, 6.45) is 1.63. The summed E-state index contributed by atoms with van der Waals surface area (Å²) in [6, 6.07) is 7.02. The van der Waals surface area contributed by atoms with Gasteiger partial charge in [-0.1, -0.05) is 23.7 Å². The molecule has 0 saturated heterocycles. The molecule has 0 heterocycles. The number of rotatable bonds is 2. The number of aliphatic hydroxyl groups is 1. The maximum Gasteiger partial charge on any atom is 0.138 e. The number of aliphatic hydroxyl groups excluding tert-OH is 1. The molecule has 0 bridgehead atoms. The number of ketones is 1. The Labute approximate surface area is 93.9 Å². The van der Waals surface area contributed by atoms with Crippen LogP contribution in [0.5, 0.6) is 0 Å². The minimum Gasteiger partial charge on any atom is -0.388 e. The van der Waals surface area contributed by atoms with Crippen molar-refractivity contribution in [2.45, 2.75) is 25.4 Å². The van der Waals surface area contributed by atoms with Gasteiger partial charge in [0.05, 0.1) is 6.10 Å². The highest BCUT2D eigenvalue weighted by Crippen LogP contribution is 2.33. The van der Waals surface area contributed by atoms with Crippen molar-refractivity contribution in [3.05, 3.63) is 34.9 Å². The van der Waals surface area contributed by atoms with Crippen LogP contribution in [-0.2, 0) is 4.79 Å². The topological polar surface area (TPSA) is 37.3 Å². The van der Waals surface area contributed by atoms with Gasteiger partial charge in [0, 0.05) is 17.4 Å². The van der Waals surface area contributed by atoms with Crippen LogP contribution in [-0.4, -0.2) is 10.9 Å². The molecule has 2 rings (SSSR count). The van der Waals surface area contributed by atoms with Crippen LogP contribution in [0.4, 0.5) is 0 Å². The van der Waals surface area contributed by atoms with Crippen LogP contribution < -0.4 is 0 Å². The number of benzene rings is 1. The van der Waals surface area contributed by atoms with E-state index in [1.54, 1.807) is 24.3 Å². The molecule has 0 radical (unpaired) electrons. The summed E-state index contributed by atoms with van der Waals surface area (Å²) in [5.41, 5.74) is 0.777. The standard InChI is InChI=1S/C12H13ClO2/c13-9-6-4-8(5-7-9)12(15)10-2-1-3-11(10)14/h4-7,10,12,15H,1-3H2/t10-,12+/m1/s1. The Morgan fingerprint density at radius 3 is 2.53 bits per heavy atom. The van der Waals surface area contributed by atoms with Crippen LogP contribution >= 0.6 is 11.6 Å². The minimum absolute atomic E-state index is 0.178. The lowest BCUT2D eigenvalue weighted by Crippen LogP contribution is -2.16. The Balaban J connectivity index is 2.16. The van der Waals surface area contributed by atoms with Gasteiger partial charge in [0.1, 0.15) is 5.78 Å². The lowest BCUT2D eigenvalue weighted by Gasteiger charge is -2.16. The summed E-state index contributed by atoms with van der Waals surface area (Å²) in [7, 11) is 0. The van der Waals surface area contributed by atoms with Gasteiger partial charge in [-0.15, -0.1) is 0 Å². The molecule has 1 aliphatic carbocycles. The third kappa shape index (κ3) is 2.21. The fraction of sp³-hybridized carbons (Fsp3) is 0.417. The Hall–Kier alpha value is -0.860. The van der Waals surface area contributed by atoms with Crippen molar-refractivity contribution < 1.29 is 9.90 Å². The van der Waals surface area contributed by atoms with Gasteiger partial charge in [0.2, 0.25) is 0 Å². The first kappa shape index (κ1) is 10.7. The van der Waals surface area contributed by atoms with Crippen LogP contribution in [0.2, 0.25) is 5.02 Å². The number of halogens is 1. The molecule has 0 amide bonds. The molecule has 1 saturated carbocycles. The number of Topliss-reactive ketones (excluding diaryl/α,β-unsaturated/α-hetero) is 1. The van der Waals surface area contributed by atoms with E-state index in [-0.39, 0.29) is 11.7 Å². The predicted molar refractivity (Wildman–Crippen MR) is 58.8 cm³/mol. The monoisotopic (exact) mass is 224 g/mol. The molecule has 3 heteroatoms. The number of hydrogen-bond donors (Lipinski definition) is 1. The Kier molecular flexibility index (Phi) is 3.08.